The highest BCUT2D eigenvalue weighted by atomic mass is 16.5. The maximum atomic E-state index is 13.1. The second-order valence-electron chi connectivity index (χ2n) is 7.90. The zero-order chi connectivity index (χ0) is 23.7. The van der Waals surface area contributed by atoms with Crippen molar-refractivity contribution in [3.63, 3.8) is 0 Å². The summed E-state index contributed by atoms with van der Waals surface area (Å²) in [5, 5.41) is 2.67. The molecule has 7 heteroatoms. The molecule has 0 aliphatic carbocycles. The number of carbonyl (C=O) groups is 4. The van der Waals surface area contributed by atoms with Gasteiger partial charge in [0.25, 0.3) is 17.7 Å². The van der Waals surface area contributed by atoms with Crippen molar-refractivity contribution in [2.24, 2.45) is 0 Å². The first-order valence-corrected chi connectivity index (χ1v) is 10.4. The Morgan fingerprint density at radius 3 is 2.30 bits per heavy atom. The van der Waals surface area contributed by atoms with E-state index in [1.54, 1.807) is 30.3 Å². The minimum Gasteiger partial charge on any atom is -0.449 e. The smallest absolute Gasteiger partial charge is 0.338 e. The van der Waals surface area contributed by atoms with Gasteiger partial charge in [-0.1, -0.05) is 30.3 Å². The number of carbonyl (C=O) groups excluding carboxylic acids is 4. The molecule has 0 bridgehead atoms. The third kappa shape index (κ3) is 4.25. The van der Waals surface area contributed by atoms with E-state index in [1.165, 1.54) is 25.1 Å². The Hall–Kier alpha value is -4.26. The molecule has 7 nitrogen and oxygen atoms in total. The van der Waals surface area contributed by atoms with Crippen molar-refractivity contribution in [3.05, 3.63) is 94.5 Å². The van der Waals surface area contributed by atoms with E-state index in [1.807, 2.05) is 32.0 Å². The molecule has 1 aliphatic rings. The van der Waals surface area contributed by atoms with Gasteiger partial charge < -0.3 is 10.1 Å². The molecule has 33 heavy (non-hydrogen) atoms. The maximum Gasteiger partial charge on any atom is 0.338 e. The number of fused-ring (bicyclic) bond motifs is 1. The van der Waals surface area contributed by atoms with Gasteiger partial charge in [-0.15, -0.1) is 0 Å². The number of rotatable bonds is 5. The molecular formula is C26H22N2O5. The molecule has 166 valence electrons. The zero-order valence-corrected chi connectivity index (χ0v) is 18.4. The molecule has 0 saturated heterocycles. The topological polar surface area (TPSA) is 92.8 Å². The van der Waals surface area contributed by atoms with Crippen LogP contribution in [0.2, 0.25) is 0 Å². The number of para-hydroxylation sites is 1. The van der Waals surface area contributed by atoms with Crippen LogP contribution in [0.4, 0.5) is 11.4 Å². The molecular weight excluding hydrogens is 420 g/mol. The highest BCUT2D eigenvalue weighted by Gasteiger charge is 2.38. The van der Waals surface area contributed by atoms with Gasteiger partial charge in [0.15, 0.2) is 6.10 Å². The van der Waals surface area contributed by atoms with Gasteiger partial charge in [0.05, 0.1) is 22.4 Å². The molecule has 0 radical (unpaired) electrons. The molecule has 1 N–H and O–H groups in total. The van der Waals surface area contributed by atoms with Crippen molar-refractivity contribution in [3.8, 4) is 0 Å². The predicted molar refractivity (Wildman–Crippen MR) is 123 cm³/mol. The lowest BCUT2D eigenvalue weighted by molar-refractivity contribution is -0.123. The lowest BCUT2D eigenvalue weighted by Crippen LogP contribution is -2.30. The molecule has 1 atom stereocenters. The summed E-state index contributed by atoms with van der Waals surface area (Å²) >= 11 is 0. The van der Waals surface area contributed by atoms with Crippen LogP contribution >= 0.6 is 0 Å². The van der Waals surface area contributed by atoms with Gasteiger partial charge in [-0.3, -0.25) is 14.4 Å². The van der Waals surface area contributed by atoms with Gasteiger partial charge >= 0.3 is 5.97 Å². The van der Waals surface area contributed by atoms with Gasteiger partial charge in [0.2, 0.25) is 0 Å². The molecule has 0 saturated carbocycles. The maximum absolute atomic E-state index is 13.1. The Balaban J connectivity index is 1.52. The Kier molecular flexibility index (Phi) is 5.79. The van der Waals surface area contributed by atoms with Crippen LogP contribution in [0, 0.1) is 13.8 Å². The lowest BCUT2D eigenvalue weighted by atomic mass is 10.1. The quantitative estimate of drug-likeness (QED) is 0.470. The first kappa shape index (κ1) is 22.0. The standard InChI is InChI=1S/C26H22N2O5/c1-15-9-10-16(2)22(13-15)28-24(30)20-12-11-18(14-21(20)25(28)31)26(32)33-17(3)23(29)27-19-7-5-4-6-8-19/h4-14,17H,1-3H3,(H,27,29)/t17-/m1/s1. The molecule has 3 aromatic rings. The molecule has 3 aromatic carbocycles. The van der Waals surface area contributed by atoms with Crippen LogP contribution in [0.1, 0.15) is 49.1 Å². The number of nitrogens with zero attached hydrogens (tertiary/aromatic N) is 1. The average Bonchev–Trinajstić information content (AvgIpc) is 3.05. The van der Waals surface area contributed by atoms with Crippen LogP contribution in [0.5, 0.6) is 0 Å². The Morgan fingerprint density at radius 2 is 1.58 bits per heavy atom. The highest BCUT2D eigenvalue weighted by molar-refractivity contribution is 6.35. The SMILES string of the molecule is Cc1ccc(C)c(N2C(=O)c3ccc(C(=O)O[C@H](C)C(=O)Nc4ccccc4)cc3C2=O)c1. The molecule has 0 unspecified atom stereocenters. The van der Waals surface area contributed by atoms with E-state index in [0.29, 0.717) is 11.4 Å². The van der Waals surface area contributed by atoms with Gasteiger partial charge in [-0.25, -0.2) is 9.69 Å². The molecule has 1 aliphatic heterocycles. The second kappa shape index (κ2) is 8.70. The number of esters is 1. The fourth-order valence-corrected chi connectivity index (χ4v) is 3.59. The molecule has 0 aromatic heterocycles. The zero-order valence-electron chi connectivity index (χ0n) is 18.4. The summed E-state index contributed by atoms with van der Waals surface area (Å²) in [6, 6.07) is 18.5. The van der Waals surface area contributed by atoms with E-state index in [9.17, 15) is 19.2 Å². The predicted octanol–water partition coefficient (Wildman–Crippen LogP) is 4.29. The van der Waals surface area contributed by atoms with E-state index in [4.69, 9.17) is 4.74 Å². The highest BCUT2D eigenvalue weighted by Crippen LogP contribution is 2.32. The van der Waals surface area contributed by atoms with Crippen LogP contribution in [0.25, 0.3) is 0 Å². The molecule has 3 amide bonds. The molecule has 4 rings (SSSR count). The monoisotopic (exact) mass is 442 g/mol. The van der Waals surface area contributed by atoms with Crippen LogP contribution in [-0.2, 0) is 9.53 Å². The van der Waals surface area contributed by atoms with E-state index < -0.39 is 29.8 Å². The molecule has 0 spiro atoms. The van der Waals surface area contributed by atoms with Gasteiger partial charge in [0.1, 0.15) is 0 Å². The number of amides is 3. The average molecular weight is 442 g/mol. The van der Waals surface area contributed by atoms with Gasteiger partial charge in [-0.2, -0.15) is 0 Å². The van der Waals surface area contributed by atoms with Gasteiger partial charge in [0, 0.05) is 5.69 Å². The number of anilines is 2. The molecule has 0 fully saturated rings. The van der Waals surface area contributed by atoms with Crippen LogP contribution in [-0.4, -0.2) is 29.8 Å². The van der Waals surface area contributed by atoms with Crippen molar-refractivity contribution in [2.75, 3.05) is 10.2 Å². The number of nitrogens with one attached hydrogen (secondary N) is 1. The molecule has 1 heterocycles. The first-order chi connectivity index (χ1) is 15.8. The number of hydrogen-bond acceptors (Lipinski definition) is 5. The number of imide groups is 1. The first-order valence-electron chi connectivity index (χ1n) is 10.4. The van der Waals surface area contributed by atoms with E-state index in [2.05, 4.69) is 5.32 Å². The summed E-state index contributed by atoms with van der Waals surface area (Å²) in [5.74, 6) is -2.20. The van der Waals surface area contributed by atoms with E-state index in [0.717, 1.165) is 16.0 Å². The van der Waals surface area contributed by atoms with Crippen molar-refractivity contribution >= 4 is 35.1 Å². The Labute approximate surface area is 191 Å². The summed E-state index contributed by atoms with van der Waals surface area (Å²) in [6.45, 7) is 5.16. The van der Waals surface area contributed by atoms with Crippen molar-refractivity contribution < 1.29 is 23.9 Å². The Morgan fingerprint density at radius 1 is 0.879 bits per heavy atom. The fraction of sp³-hybridized carbons (Fsp3) is 0.154. The van der Waals surface area contributed by atoms with Crippen LogP contribution in [0.3, 0.4) is 0 Å². The summed E-state index contributed by atoms with van der Waals surface area (Å²) in [6.07, 6.45) is -1.06. The number of hydrogen-bond donors (Lipinski definition) is 1. The summed E-state index contributed by atoms with van der Waals surface area (Å²) in [4.78, 5) is 52.1. The van der Waals surface area contributed by atoms with Crippen molar-refractivity contribution in [1.82, 2.24) is 0 Å². The number of ether oxygens (including phenoxy) is 1. The lowest BCUT2D eigenvalue weighted by Gasteiger charge is -2.17. The summed E-state index contributed by atoms with van der Waals surface area (Å²) in [7, 11) is 0. The second-order valence-corrected chi connectivity index (χ2v) is 7.90. The normalized spacial score (nSPS) is 13.5. The van der Waals surface area contributed by atoms with Crippen molar-refractivity contribution in [2.45, 2.75) is 26.9 Å². The third-order valence-corrected chi connectivity index (χ3v) is 5.42. The minimum atomic E-state index is -1.06. The number of aryl methyl sites for hydroxylation is 2. The van der Waals surface area contributed by atoms with Crippen LogP contribution < -0.4 is 10.2 Å². The number of benzene rings is 3. The third-order valence-electron chi connectivity index (χ3n) is 5.42. The Bertz CT molecular complexity index is 1280. The largest absolute Gasteiger partial charge is 0.449 e. The minimum absolute atomic E-state index is 0.0806. The van der Waals surface area contributed by atoms with Gasteiger partial charge in [-0.05, 0) is 68.3 Å². The van der Waals surface area contributed by atoms with Crippen molar-refractivity contribution in [1.29, 1.82) is 0 Å². The van der Waals surface area contributed by atoms with E-state index >= 15 is 0 Å². The summed E-state index contributed by atoms with van der Waals surface area (Å²) < 4.78 is 5.28. The van der Waals surface area contributed by atoms with Crippen LogP contribution in [0.15, 0.2) is 66.7 Å². The fourth-order valence-electron chi connectivity index (χ4n) is 3.59. The summed E-state index contributed by atoms with van der Waals surface area (Å²) in [5.41, 5.74) is 3.21. The van der Waals surface area contributed by atoms with E-state index in [-0.39, 0.29) is 16.7 Å².